The first kappa shape index (κ1) is 54.3. The number of ketones is 1. The maximum Gasteiger partial charge on any atom is 0.472 e. The summed E-state index contributed by atoms with van der Waals surface area (Å²) in [6.45, 7) is 2.40. The molecule has 14 nitrogen and oxygen atoms in total. The number of hydrogen-bond donors (Lipinski definition) is 5. The molecule has 0 spiro atoms. The average Bonchev–Trinajstić information content (AvgIpc) is 3.47. The fourth-order valence-electron chi connectivity index (χ4n) is 6.63. The van der Waals surface area contributed by atoms with Gasteiger partial charge in [-0.15, -0.1) is 0 Å². The van der Waals surface area contributed by atoms with Crippen LogP contribution in [0.4, 0.5) is 0 Å². The largest absolute Gasteiger partial charge is 0.480 e. The fraction of sp³-hybridized carbons (Fsp3) is 0.773. The number of carbonyl (C=O) groups is 4. The van der Waals surface area contributed by atoms with E-state index in [4.69, 9.17) is 24.8 Å². The van der Waals surface area contributed by atoms with E-state index in [1.165, 1.54) is 44.9 Å². The lowest BCUT2D eigenvalue weighted by molar-refractivity contribution is -0.161. The Morgan fingerprint density at radius 1 is 0.780 bits per heavy atom. The molecule has 0 amide bonds. The van der Waals surface area contributed by atoms with Gasteiger partial charge in [-0.2, -0.15) is 0 Å². The number of hydrogen-bond acceptors (Lipinski definition) is 12. The Morgan fingerprint density at radius 2 is 1.34 bits per heavy atom. The van der Waals surface area contributed by atoms with Crippen molar-refractivity contribution < 1.29 is 62.5 Å². The standard InChI is InChI=1S/C44H76NO13P/c1-3-5-7-8-9-10-11-12-13-14-15-16-17-18-23-27-42(49)55-32-36(33-56-59(53,54)57-34-39(45)44(51)52)58-43(50)28-24-20-19-22-26-37-38(41(48)31-40(37)47)30-29-35(46)25-21-6-4-2/h10-11,19,22,29-30,35-39,41,46,48H,3-9,12-18,20-21,23-28,31-34,45H2,1-2H3,(H,51,52)(H,53,54)/b11-10-,22-19-,30-29+/t35-,36+,37+,38+,39-,41+/m0/s1. The molecule has 0 bridgehead atoms. The van der Waals surface area contributed by atoms with Crippen molar-refractivity contribution in [1.82, 2.24) is 0 Å². The molecular formula is C44H76NO13P. The summed E-state index contributed by atoms with van der Waals surface area (Å²) in [7, 11) is -4.79. The zero-order valence-corrected chi connectivity index (χ0v) is 36.7. The second-order valence-corrected chi connectivity index (χ2v) is 17.1. The van der Waals surface area contributed by atoms with Crippen LogP contribution in [0.1, 0.15) is 162 Å². The molecule has 0 aromatic carbocycles. The summed E-state index contributed by atoms with van der Waals surface area (Å²) in [5, 5.41) is 29.6. The van der Waals surface area contributed by atoms with Gasteiger partial charge in [0.2, 0.25) is 0 Å². The number of aliphatic hydroxyl groups excluding tert-OH is 2. The monoisotopic (exact) mass is 858 g/mol. The van der Waals surface area contributed by atoms with Crippen molar-refractivity contribution in [3.63, 3.8) is 0 Å². The predicted octanol–water partition coefficient (Wildman–Crippen LogP) is 8.20. The van der Waals surface area contributed by atoms with Crippen molar-refractivity contribution in [1.29, 1.82) is 0 Å². The Kier molecular flexibility index (Phi) is 31.2. The van der Waals surface area contributed by atoms with Crippen molar-refractivity contribution in [2.75, 3.05) is 19.8 Å². The van der Waals surface area contributed by atoms with Gasteiger partial charge in [-0.25, -0.2) is 4.57 Å². The quantitative estimate of drug-likeness (QED) is 0.0172. The number of esters is 2. The molecule has 0 aliphatic heterocycles. The van der Waals surface area contributed by atoms with Crippen LogP contribution >= 0.6 is 7.82 Å². The molecular weight excluding hydrogens is 781 g/mol. The number of carboxylic acid groups (broad SMARTS) is 1. The predicted molar refractivity (Wildman–Crippen MR) is 227 cm³/mol. The van der Waals surface area contributed by atoms with Crippen molar-refractivity contribution in [2.45, 2.75) is 186 Å². The number of allylic oxidation sites excluding steroid dienone is 4. The van der Waals surface area contributed by atoms with Crippen LogP contribution in [-0.2, 0) is 42.3 Å². The molecule has 6 N–H and O–H groups in total. The molecule has 1 aliphatic rings. The Balaban J connectivity index is 2.52. The molecule has 0 aromatic heterocycles. The van der Waals surface area contributed by atoms with E-state index < -0.39 is 75.8 Å². The molecule has 59 heavy (non-hydrogen) atoms. The molecule has 1 aliphatic carbocycles. The summed E-state index contributed by atoms with van der Waals surface area (Å²) in [6.07, 6.45) is 28.6. The summed E-state index contributed by atoms with van der Waals surface area (Å²) in [6, 6.07) is -1.57. The lowest BCUT2D eigenvalue weighted by atomic mass is 9.90. The van der Waals surface area contributed by atoms with Gasteiger partial charge in [-0.3, -0.25) is 28.2 Å². The highest BCUT2D eigenvalue weighted by Gasteiger charge is 2.39. The van der Waals surface area contributed by atoms with Gasteiger partial charge in [0.05, 0.1) is 25.4 Å². The van der Waals surface area contributed by atoms with Crippen LogP contribution in [-0.4, -0.2) is 88.1 Å². The van der Waals surface area contributed by atoms with E-state index in [0.717, 1.165) is 51.4 Å². The molecule has 7 atom stereocenters. The van der Waals surface area contributed by atoms with Gasteiger partial charge in [-0.1, -0.05) is 121 Å². The van der Waals surface area contributed by atoms with E-state index >= 15 is 0 Å². The molecule has 1 unspecified atom stereocenters. The third kappa shape index (κ3) is 28.4. The van der Waals surface area contributed by atoms with Crippen LogP contribution < -0.4 is 5.73 Å². The Morgan fingerprint density at radius 3 is 2.00 bits per heavy atom. The molecule has 1 rings (SSSR count). The number of nitrogens with two attached hydrogens (primary N) is 1. The van der Waals surface area contributed by atoms with E-state index in [2.05, 4.69) is 30.5 Å². The van der Waals surface area contributed by atoms with Crippen LogP contribution in [0.15, 0.2) is 36.5 Å². The first-order valence-electron chi connectivity index (χ1n) is 22.1. The number of Topliss-reactive ketones (excluding diaryl/α,β-unsaturated/α-hetero) is 1. The Hall–Kier alpha value is -2.71. The smallest absolute Gasteiger partial charge is 0.472 e. The number of phosphoric ester groups is 1. The topological polar surface area (TPSA) is 229 Å². The van der Waals surface area contributed by atoms with Crippen molar-refractivity contribution in [3.05, 3.63) is 36.5 Å². The summed E-state index contributed by atoms with van der Waals surface area (Å²) in [5.74, 6) is -3.45. The second kappa shape index (κ2) is 33.9. The normalized spacial score (nSPS) is 19.7. The molecule has 0 aromatic rings. The lowest BCUT2D eigenvalue weighted by Crippen LogP contribution is -2.34. The highest BCUT2D eigenvalue weighted by Crippen LogP contribution is 2.43. The van der Waals surface area contributed by atoms with Crippen molar-refractivity contribution in [3.8, 4) is 0 Å². The number of aliphatic carboxylic acids is 1. The van der Waals surface area contributed by atoms with Crippen LogP contribution in [0.3, 0.4) is 0 Å². The lowest BCUT2D eigenvalue weighted by Gasteiger charge is -2.20. The first-order valence-corrected chi connectivity index (χ1v) is 23.6. The maximum absolute atomic E-state index is 12.7. The molecule has 340 valence electrons. The molecule has 0 saturated heterocycles. The number of rotatable bonds is 37. The highest BCUT2D eigenvalue weighted by molar-refractivity contribution is 7.47. The van der Waals surface area contributed by atoms with Gasteiger partial charge in [0, 0.05) is 31.1 Å². The molecule has 0 heterocycles. The highest BCUT2D eigenvalue weighted by atomic mass is 31.2. The Bertz CT molecular complexity index is 1310. The van der Waals surface area contributed by atoms with Crippen LogP contribution in [0.2, 0.25) is 0 Å². The number of carboxylic acids is 1. The summed E-state index contributed by atoms with van der Waals surface area (Å²) < 4.78 is 32.6. The molecule has 1 fully saturated rings. The number of phosphoric acid groups is 1. The molecule has 0 radical (unpaired) electrons. The van der Waals surface area contributed by atoms with Crippen molar-refractivity contribution in [2.24, 2.45) is 17.6 Å². The fourth-order valence-corrected chi connectivity index (χ4v) is 7.41. The third-order valence-electron chi connectivity index (χ3n) is 10.2. The summed E-state index contributed by atoms with van der Waals surface area (Å²) >= 11 is 0. The van der Waals surface area contributed by atoms with Crippen LogP contribution in [0, 0.1) is 11.8 Å². The molecule has 15 heteroatoms. The Labute approximate surface area is 353 Å². The SMILES string of the molecule is CCCCCC/C=C\CCCCCCCCCC(=O)OC[C@H](COP(=O)(O)OC[C@H](N)C(=O)O)OC(=O)CCC/C=C\C[C@H]1C(=O)C[C@@H](O)[C@@H]1/C=C/[C@@H](O)CCCCC. The van der Waals surface area contributed by atoms with E-state index in [1.54, 1.807) is 12.2 Å². The minimum absolute atomic E-state index is 0.0340. The van der Waals surface area contributed by atoms with Gasteiger partial charge in [0.25, 0.3) is 0 Å². The van der Waals surface area contributed by atoms with Crippen molar-refractivity contribution >= 4 is 31.5 Å². The zero-order valence-electron chi connectivity index (χ0n) is 35.8. The minimum Gasteiger partial charge on any atom is -0.480 e. The van der Waals surface area contributed by atoms with E-state index in [0.29, 0.717) is 32.1 Å². The van der Waals surface area contributed by atoms with Crippen LogP contribution in [0.25, 0.3) is 0 Å². The number of unbranched alkanes of at least 4 members (excludes halogenated alkanes) is 14. The van der Waals surface area contributed by atoms with Gasteiger partial charge < -0.3 is 35.4 Å². The summed E-state index contributed by atoms with van der Waals surface area (Å²) in [5.41, 5.74) is 5.32. The average molecular weight is 858 g/mol. The van der Waals surface area contributed by atoms with Gasteiger partial charge >= 0.3 is 25.7 Å². The van der Waals surface area contributed by atoms with Gasteiger partial charge in [0.1, 0.15) is 18.4 Å². The third-order valence-corrected chi connectivity index (χ3v) is 11.2. The number of aliphatic hydroxyl groups is 2. The molecule has 1 saturated carbocycles. The van der Waals surface area contributed by atoms with E-state index in [1.807, 2.05) is 12.2 Å². The van der Waals surface area contributed by atoms with Gasteiger partial charge in [0.15, 0.2) is 6.10 Å². The number of ether oxygens (including phenoxy) is 2. The maximum atomic E-state index is 12.7. The second-order valence-electron chi connectivity index (χ2n) is 15.6. The first-order chi connectivity index (χ1) is 28.3. The number of carbonyl (C=O) groups excluding carboxylic acids is 3. The minimum atomic E-state index is -4.79. The zero-order chi connectivity index (χ0) is 43.7. The van der Waals surface area contributed by atoms with E-state index in [9.17, 15) is 38.8 Å². The van der Waals surface area contributed by atoms with Crippen LogP contribution in [0.5, 0.6) is 0 Å². The van der Waals surface area contributed by atoms with E-state index in [-0.39, 0.29) is 31.0 Å². The van der Waals surface area contributed by atoms with Gasteiger partial charge in [-0.05, 0) is 57.8 Å². The summed E-state index contributed by atoms with van der Waals surface area (Å²) in [4.78, 5) is 58.7.